The van der Waals surface area contributed by atoms with Gasteiger partial charge in [-0.15, -0.1) is 11.3 Å². The minimum atomic E-state index is -0.357. The molecule has 0 unspecified atom stereocenters. The Morgan fingerprint density at radius 1 is 1.61 bits per heavy atom. The van der Waals surface area contributed by atoms with Crippen molar-refractivity contribution in [1.29, 1.82) is 0 Å². The van der Waals surface area contributed by atoms with E-state index in [4.69, 9.17) is 4.74 Å². The average Bonchev–Trinajstić information content (AvgIpc) is 2.95. The number of carbonyl (C=O) groups is 1. The van der Waals surface area contributed by atoms with Crippen molar-refractivity contribution in [3.05, 3.63) is 29.4 Å². The van der Waals surface area contributed by atoms with Crippen molar-refractivity contribution in [2.45, 2.75) is 6.92 Å². The van der Waals surface area contributed by atoms with Gasteiger partial charge in [-0.2, -0.15) is 5.10 Å². The normalized spacial score (nSPS) is 11.0. The fraction of sp³-hybridized carbons (Fsp3) is 0.250. The van der Waals surface area contributed by atoms with Gasteiger partial charge in [0.1, 0.15) is 10.7 Å². The molecule has 0 bridgehead atoms. The molecule has 2 aromatic rings. The highest BCUT2D eigenvalue weighted by Gasteiger charge is 2.06. The molecule has 0 fully saturated rings. The third kappa shape index (κ3) is 3.04. The van der Waals surface area contributed by atoms with Crippen LogP contribution in [-0.2, 0) is 16.6 Å². The summed E-state index contributed by atoms with van der Waals surface area (Å²) in [6.07, 6.45) is 4.88. The Balaban J connectivity index is 2.09. The van der Waals surface area contributed by atoms with Gasteiger partial charge in [-0.1, -0.05) is 0 Å². The number of hydrogen-bond donors (Lipinski definition) is 0. The first-order chi connectivity index (χ1) is 8.69. The minimum absolute atomic E-state index is 0.357. The van der Waals surface area contributed by atoms with E-state index in [1.165, 1.54) is 17.4 Å². The summed E-state index contributed by atoms with van der Waals surface area (Å²) < 4.78 is 6.52. The lowest BCUT2D eigenvalue weighted by atomic mass is 10.4. The van der Waals surface area contributed by atoms with Crippen LogP contribution in [0.1, 0.15) is 12.6 Å². The van der Waals surface area contributed by atoms with E-state index >= 15 is 0 Å². The molecule has 0 aliphatic rings. The van der Waals surface area contributed by atoms with Gasteiger partial charge in [-0.3, -0.25) is 4.68 Å². The van der Waals surface area contributed by atoms with Crippen molar-refractivity contribution in [1.82, 2.24) is 14.8 Å². The molecule has 6 heteroatoms. The topological polar surface area (TPSA) is 57.0 Å². The second kappa shape index (κ2) is 5.59. The number of nitrogens with zero attached hydrogens (tertiary/aromatic N) is 3. The van der Waals surface area contributed by atoms with E-state index in [0.29, 0.717) is 6.61 Å². The van der Waals surface area contributed by atoms with E-state index in [1.807, 2.05) is 24.7 Å². The van der Waals surface area contributed by atoms with Crippen LogP contribution in [0, 0.1) is 0 Å². The molecule has 2 aromatic heterocycles. The maximum atomic E-state index is 11.1. The average molecular weight is 263 g/mol. The van der Waals surface area contributed by atoms with Gasteiger partial charge < -0.3 is 4.74 Å². The third-order valence-corrected chi connectivity index (χ3v) is 3.01. The lowest BCUT2D eigenvalue weighted by molar-refractivity contribution is -0.137. The summed E-state index contributed by atoms with van der Waals surface area (Å²) in [5.41, 5.74) is 1.56. The predicted octanol–water partition coefficient (Wildman–Crippen LogP) is 2.12. The molecule has 2 heterocycles. The maximum absolute atomic E-state index is 11.1. The van der Waals surface area contributed by atoms with Crippen LogP contribution in [0.2, 0.25) is 0 Å². The van der Waals surface area contributed by atoms with Crippen LogP contribution >= 0.6 is 11.3 Å². The van der Waals surface area contributed by atoms with Gasteiger partial charge in [-0.25, -0.2) is 9.78 Å². The van der Waals surface area contributed by atoms with Crippen molar-refractivity contribution in [2.24, 2.45) is 7.05 Å². The zero-order valence-electron chi connectivity index (χ0n) is 10.2. The summed E-state index contributed by atoms with van der Waals surface area (Å²) in [5, 5.41) is 6.98. The Morgan fingerprint density at radius 3 is 3.11 bits per heavy atom. The van der Waals surface area contributed by atoms with Crippen molar-refractivity contribution in [2.75, 3.05) is 6.61 Å². The number of thiazole rings is 1. The number of esters is 1. The lowest BCUT2D eigenvalue weighted by Crippen LogP contribution is -1.98. The number of aromatic nitrogens is 3. The zero-order valence-corrected chi connectivity index (χ0v) is 11.0. The van der Waals surface area contributed by atoms with Crippen LogP contribution in [-0.4, -0.2) is 27.3 Å². The number of rotatable bonds is 4. The molecule has 0 amide bonds. The second-order valence-electron chi connectivity index (χ2n) is 3.54. The van der Waals surface area contributed by atoms with E-state index in [2.05, 4.69) is 10.1 Å². The zero-order chi connectivity index (χ0) is 13.0. The quantitative estimate of drug-likeness (QED) is 0.626. The molecule has 0 aromatic carbocycles. The predicted molar refractivity (Wildman–Crippen MR) is 70.0 cm³/mol. The van der Waals surface area contributed by atoms with Crippen molar-refractivity contribution < 1.29 is 9.53 Å². The third-order valence-electron chi connectivity index (χ3n) is 2.13. The van der Waals surface area contributed by atoms with Gasteiger partial charge in [0.15, 0.2) is 0 Å². The van der Waals surface area contributed by atoms with Crippen LogP contribution in [0.25, 0.3) is 16.8 Å². The van der Waals surface area contributed by atoms with Gasteiger partial charge in [0.05, 0.1) is 12.3 Å². The summed E-state index contributed by atoms with van der Waals surface area (Å²) in [5.74, 6) is -0.357. The van der Waals surface area contributed by atoms with E-state index < -0.39 is 0 Å². The molecule has 0 saturated heterocycles. The molecule has 18 heavy (non-hydrogen) atoms. The molecule has 5 nitrogen and oxygen atoms in total. The van der Waals surface area contributed by atoms with Gasteiger partial charge in [0.25, 0.3) is 0 Å². The summed E-state index contributed by atoms with van der Waals surface area (Å²) >= 11 is 1.49. The highest BCUT2D eigenvalue weighted by Crippen LogP contribution is 2.22. The molecule has 0 saturated carbocycles. The molecule has 94 valence electrons. The fourth-order valence-corrected chi connectivity index (χ4v) is 2.10. The molecular weight excluding hydrogens is 250 g/mol. The van der Waals surface area contributed by atoms with E-state index in [1.54, 1.807) is 17.7 Å². The summed E-state index contributed by atoms with van der Waals surface area (Å²) in [4.78, 5) is 15.5. The highest BCUT2D eigenvalue weighted by molar-refractivity contribution is 7.13. The number of aryl methyl sites for hydroxylation is 1. The molecule has 0 aliphatic carbocycles. The fourth-order valence-electron chi connectivity index (χ4n) is 1.35. The van der Waals surface area contributed by atoms with E-state index in [0.717, 1.165) is 16.4 Å². The second-order valence-corrected chi connectivity index (χ2v) is 4.40. The molecular formula is C12H13N3O2S. The highest BCUT2D eigenvalue weighted by atomic mass is 32.1. The van der Waals surface area contributed by atoms with Crippen molar-refractivity contribution in [3.8, 4) is 10.7 Å². The largest absolute Gasteiger partial charge is 0.463 e. The first-order valence-corrected chi connectivity index (χ1v) is 6.37. The standard InChI is InChI=1S/C12H13N3O2S/c1-3-17-11(16)5-4-9-8-18-12(13-9)10-6-7-15(2)14-10/h4-8H,3H2,1-2H3/b5-4+. The van der Waals surface area contributed by atoms with Gasteiger partial charge in [0, 0.05) is 24.7 Å². The Hall–Kier alpha value is -1.95. The van der Waals surface area contributed by atoms with Crippen LogP contribution in [0.3, 0.4) is 0 Å². The van der Waals surface area contributed by atoms with Crippen LogP contribution < -0.4 is 0 Å². The van der Waals surface area contributed by atoms with Crippen LogP contribution in [0.4, 0.5) is 0 Å². The molecule has 0 aliphatic heterocycles. The molecule has 0 radical (unpaired) electrons. The minimum Gasteiger partial charge on any atom is -0.463 e. The van der Waals surface area contributed by atoms with Gasteiger partial charge in [-0.05, 0) is 19.1 Å². The summed E-state index contributed by atoms with van der Waals surface area (Å²) in [7, 11) is 1.86. The van der Waals surface area contributed by atoms with E-state index in [9.17, 15) is 4.79 Å². The maximum Gasteiger partial charge on any atom is 0.330 e. The Labute approximate surface area is 109 Å². The molecule has 0 spiro atoms. The van der Waals surface area contributed by atoms with Crippen molar-refractivity contribution >= 4 is 23.4 Å². The number of carbonyl (C=O) groups excluding carboxylic acids is 1. The van der Waals surface area contributed by atoms with Crippen LogP contribution in [0.15, 0.2) is 23.7 Å². The Kier molecular flexibility index (Phi) is 3.88. The Bertz CT molecular complexity index is 571. The SMILES string of the molecule is CCOC(=O)/C=C/c1csc(-c2ccn(C)n2)n1. The van der Waals surface area contributed by atoms with Crippen molar-refractivity contribution in [3.63, 3.8) is 0 Å². The Morgan fingerprint density at radius 2 is 2.44 bits per heavy atom. The summed E-state index contributed by atoms with van der Waals surface area (Å²) in [6.45, 7) is 2.15. The first-order valence-electron chi connectivity index (χ1n) is 5.49. The number of ether oxygens (including phenoxy) is 1. The lowest BCUT2D eigenvalue weighted by Gasteiger charge is -1.93. The first kappa shape index (κ1) is 12.5. The molecule has 2 rings (SSSR count). The van der Waals surface area contributed by atoms with Crippen LogP contribution in [0.5, 0.6) is 0 Å². The molecule has 0 atom stereocenters. The smallest absolute Gasteiger partial charge is 0.330 e. The molecule has 0 N–H and O–H groups in total. The summed E-state index contributed by atoms with van der Waals surface area (Å²) in [6, 6.07) is 1.90. The van der Waals surface area contributed by atoms with E-state index in [-0.39, 0.29) is 5.97 Å². The van der Waals surface area contributed by atoms with Gasteiger partial charge in [0.2, 0.25) is 0 Å². The number of hydrogen-bond acceptors (Lipinski definition) is 5. The monoisotopic (exact) mass is 263 g/mol. The van der Waals surface area contributed by atoms with Gasteiger partial charge >= 0.3 is 5.97 Å².